The van der Waals surface area contributed by atoms with Crippen LogP contribution in [0.4, 0.5) is 5.00 Å². The lowest BCUT2D eigenvalue weighted by atomic mass is 10.1. The van der Waals surface area contributed by atoms with Crippen LogP contribution in [-0.4, -0.2) is 20.1 Å². The van der Waals surface area contributed by atoms with E-state index in [1.807, 2.05) is 0 Å². The fourth-order valence-corrected chi connectivity index (χ4v) is 4.42. The average molecular weight is 356 g/mol. The summed E-state index contributed by atoms with van der Waals surface area (Å²) in [4.78, 5) is 14.1. The molecular weight excluding hydrogens is 336 g/mol. The number of methoxy groups -OCH3 is 2. The number of ether oxygens (including phenoxy) is 2. The third-order valence-electron chi connectivity index (χ3n) is 4.42. The first-order chi connectivity index (χ1) is 12.2. The second kappa shape index (κ2) is 7.58. The van der Waals surface area contributed by atoms with Crippen molar-refractivity contribution in [1.29, 1.82) is 5.26 Å². The Hall–Kier alpha value is -2.52. The minimum atomic E-state index is -0.331. The predicted octanol–water partition coefficient (Wildman–Crippen LogP) is 4.16. The first-order valence-electron chi connectivity index (χ1n) is 8.26. The molecule has 1 aliphatic carbocycles. The first-order valence-corrected chi connectivity index (χ1v) is 9.08. The van der Waals surface area contributed by atoms with Crippen molar-refractivity contribution < 1.29 is 14.3 Å². The summed E-state index contributed by atoms with van der Waals surface area (Å²) in [7, 11) is 3.03. The highest BCUT2D eigenvalue weighted by atomic mass is 32.1. The molecule has 0 saturated heterocycles. The number of thiophene rings is 1. The Bertz CT molecular complexity index is 814. The van der Waals surface area contributed by atoms with E-state index in [-0.39, 0.29) is 5.91 Å². The van der Waals surface area contributed by atoms with Crippen LogP contribution in [0, 0.1) is 11.3 Å². The summed E-state index contributed by atoms with van der Waals surface area (Å²) in [6.07, 6.45) is 5.29. The number of nitrogens with one attached hydrogen (secondary N) is 1. The number of anilines is 1. The largest absolute Gasteiger partial charge is 0.496 e. The van der Waals surface area contributed by atoms with Gasteiger partial charge in [-0.05, 0) is 43.4 Å². The van der Waals surface area contributed by atoms with E-state index in [2.05, 4.69) is 11.4 Å². The summed E-state index contributed by atoms with van der Waals surface area (Å²) < 4.78 is 10.6. The number of hydrogen-bond acceptors (Lipinski definition) is 5. The van der Waals surface area contributed by atoms with E-state index in [9.17, 15) is 10.1 Å². The molecule has 1 heterocycles. The Morgan fingerprint density at radius 1 is 1.16 bits per heavy atom. The standard InChI is InChI=1S/C19H20N2O3S/c1-23-14-8-6-9-15(24-2)17(14)18(22)21-19-13(11-20)12-7-4-3-5-10-16(12)25-19/h6,8-9H,3-5,7,10H2,1-2H3,(H,21,22). The molecule has 0 bridgehead atoms. The number of amides is 1. The number of benzene rings is 1. The SMILES string of the molecule is COc1cccc(OC)c1C(=O)Nc1sc2c(c1C#N)CCCCC2. The average Bonchev–Trinajstić information content (AvgIpc) is 2.79. The van der Waals surface area contributed by atoms with Gasteiger partial charge in [-0.2, -0.15) is 5.26 Å². The van der Waals surface area contributed by atoms with Crippen LogP contribution in [-0.2, 0) is 12.8 Å². The molecule has 1 N–H and O–H groups in total. The van der Waals surface area contributed by atoms with Crippen molar-refractivity contribution in [1.82, 2.24) is 0 Å². The van der Waals surface area contributed by atoms with Gasteiger partial charge in [0.2, 0.25) is 0 Å². The number of hydrogen-bond donors (Lipinski definition) is 1. The van der Waals surface area contributed by atoms with E-state index in [4.69, 9.17) is 9.47 Å². The van der Waals surface area contributed by atoms with E-state index in [0.717, 1.165) is 31.2 Å². The molecule has 0 fully saturated rings. The molecule has 0 atom stereocenters. The van der Waals surface area contributed by atoms with E-state index in [0.29, 0.717) is 27.6 Å². The topological polar surface area (TPSA) is 71.3 Å². The molecular formula is C19H20N2O3S. The summed E-state index contributed by atoms with van der Waals surface area (Å²) in [6, 6.07) is 7.47. The van der Waals surface area contributed by atoms with Crippen LogP contribution in [0.15, 0.2) is 18.2 Å². The molecule has 130 valence electrons. The molecule has 0 spiro atoms. The Labute approximate surface area is 151 Å². The molecule has 1 amide bonds. The Balaban J connectivity index is 1.96. The second-order valence-corrected chi connectivity index (χ2v) is 6.98. The fraction of sp³-hybridized carbons (Fsp3) is 0.368. The molecule has 5 nitrogen and oxygen atoms in total. The molecule has 0 unspecified atom stereocenters. The quantitative estimate of drug-likeness (QED) is 0.835. The van der Waals surface area contributed by atoms with Crippen LogP contribution >= 0.6 is 11.3 Å². The summed E-state index contributed by atoms with van der Waals surface area (Å²) in [5.74, 6) is 0.546. The Kier molecular flexibility index (Phi) is 5.25. The number of carbonyl (C=O) groups is 1. The number of aryl methyl sites for hydroxylation is 1. The molecule has 6 heteroatoms. The van der Waals surface area contributed by atoms with E-state index in [1.165, 1.54) is 36.9 Å². The van der Waals surface area contributed by atoms with Gasteiger partial charge in [0.1, 0.15) is 28.1 Å². The molecule has 3 rings (SSSR count). The van der Waals surface area contributed by atoms with Crippen LogP contribution < -0.4 is 14.8 Å². The lowest BCUT2D eigenvalue weighted by Crippen LogP contribution is -2.14. The summed E-state index contributed by atoms with van der Waals surface area (Å²) in [6.45, 7) is 0. The number of fused-ring (bicyclic) bond motifs is 1. The molecule has 0 saturated carbocycles. The van der Waals surface area contributed by atoms with Gasteiger partial charge in [0.25, 0.3) is 5.91 Å². The fourth-order valence-electron chi connectivity index (χ4n) is 3.19. The summed E-state index contributed by atoms with van der Waals surface area (Å²) >= 11 is 1.51. The Morgan fingerprint density at radius 3 is 2.48 bits per heavy atom. The van der Waals surface area contributed by atoms with Crippen molar-refractivity contribution in [2.75, 3.05) is 19.5 Å². The lowest BCUT2D eigenvalue weighted by molar-refractivity contribution is 0.102. The molecule has 2 aromatic rings. The van der Waals surface area contributed by atoms with Crippen LogP contribution in [0.25, 0.3) is 0 Å². The van der Waals surface area contributed by atoms with Crippen LogP contribution in [0.5, 0.6) is 11.5 Å². The van der Waals surface area contributed by atoms with Crippen molar-refractivity contribution in [3.8, 4) is 17.6 Å². The molecule has 0 radical (unpaired) electrons. The highest BCUT2D eigenvalue weighted by Crippen LogP contribution is 2.38. The van der Waals surface area contributed by atoms with E-state index >= 15 is 0 Å². The zero-order valence-corrected chi connectivity index (χ0v) is 15.2. The number of carbonyl (C=O) groups excluding carboxylic acids is 1. The first kappa shape index (κ1) is 17.3. The number of rotatable bonds is 4. The minimum absolute atomic E-state index is 0.331. The zero-order valence-electron chi connectivity index (χ0n) is 14.3. The summed E-state index contributed by atoms with van der Waals surface area (Å²) in [5, 5.41) is 13.1. The Morgan fingerprint density at radius 2 is 1.84 bits per heavy atom. The number of nitrogens with zero attached hydrogens (tertiary/aromatic N) is 1. The van der Waals surface area contributed by atoms with Crippen LogP contribution in [0.2, 0.25) is 0 Å². The van der Waals surface area contributed by atoms with Gasteiger partial charge < -0.3 is 14.8 Å². The van der Waals surface area contributed by atoms with Gasteiger partial charge in [-0.15, -0.1) is 11.3 Å². The molecule has 25 heavy (non-hydrogen) atoms. The highest BCUT2D eigenvalue weighted by molar-refractivity contribution is 7.16. The van der Waals surface area contributed by atoms with Crippen molar-refractivity contribution in [3.63, 3.8) is 0 Å². The summed E-state index contributed by atoms with van der Waals surface area (Å²) in [5.41, 5.74) is 2.04. The molecule has 1 aromatic heterocycles. The van der Waals surface area contributed by atoms with Gasteiger partial charge >= 0.3 is 0 Å². The van der Waals surface area contributed by atoms with Crippen LogP contribution in [0.3, 0.4) is 0 Å². The van der Waals surface area contributed by atoms with Crippen molar-refractivity contribution in [3.05, 3.63) is 39.8 Å². The number of nitriles is 1. The van der Waals surface area contributed by atoms with Gasteiger partial charge in [0, 0.05) is 4.88 Å². The molecule has 0 aliphatic heterocycles. The maximum Gasteiger partial charge on any atom is 0.263 e. The van der Waals surface area contributed by atoms with Crippen LogP contribution in [0.1, 0.15) is 45.6 Å². The maximum absolute atomic E-state index is 12.8. The van der Waals surface area contributed by atoms with Gasteiger partial charge in [-0.25, -0.2) is 0 Å². The maximum atomic E-state index is 12.8. The monoisotopic (exact) mass is 356 g/mol. The van der Waals surface area contributed by atoms with E-state index < -0.39 is 0 Å². The molecule has 1 aliphatic rings. The molecule has 1 aromatic carbocycles. The van der Waals surface area contributed by atoms with Crippen molar-refractivity contribution in [2.45, 2.75) is 32.1 Å². The lowest BCUT2D eigenvalue weighted by Gasteiger charge is -2.12. The highest BCUT2D eigenvalue weighted by Gasteiger charge is 2.24. The van der Waals surface area contributed by atoms with Gasteiger partial charge in [0.05, 0.1) is 19.8 Å². The van der Waals surface area contributed by atoms with Gasteiger partial charge in [0.15, 0.2) is 0 Å². The predicted molar refractivity (Wildman–Crippen MR) is 97.8 cm³/mol. The van der Waals surface area contributed by atoms with Gasteiger partial charge in [-0.3, -0.25) is 4.79 Å². The zero-order chi connectivity index (χ0) is 17.8. The van der Waals surface area contributed by atoms with Gasteiger partial charge in [-0.1, -0.05) is 12.5 Å². The normalized spacial score (nSPS) is 13.3. The van der Waals surface area contributed by atoms with Crippen molar-refractivity contribution in [2.24, 2.45) is 0 Å². The van der Waals surface area contributed by atoms with Crippen molar-refractivity contribution >= 4 is 22.2 Å². The third-order valence-corrected chi connectivity index (χ3v) is 5.62. The second-order valence-electron chi connectivity index (χ2n) is 5.87. The third kappa shape index (κ3) is 3.33. The minimum Gasteiger partial charge on any atom is -0.496 e. The van der Waals surface area contributed by atoms with E-state index in [1.54, 1.807) is 18.2 Å². The smallest absolute Gasteiger partial charge is 0.263 e.